The Morgan fingerprint density at radius 1 is 1.19 bits per heavy atom. The second-order valence-corrected chi connectivity index (χ2v) is 5.37. The third kappa shape index (κ3) is 2.96. The van der Waals surface area contributed by atoms with Crippen LogP contribution in [0.15, 0.2) is 18.7 Å². The van der Waals surface area contributed by atoms with E-state index in [0.717, 1.165) is 13.0 Å². The minimum absolute atomic E-state index is 0.253. The molecule has 21 heavy (non-hydrogen) atoms. The molecule has 1 fully saturated rings. The molecule has 1 aliphatic rings. The van der Waals surface area contributed by atoms with E-state index in [2.05, 4.69) is 31.8 Å². The van der Waals surface area contributed by atoms with Gasteiger partial charge >= 0.3 is 0 Å². The van der Waals surface area contributed by atoms with Gasteiger partial charge in [0, 0.05) is 25.0 Å². The van der Waals surface area contributed by atoms with Crippen LogP contribution in [0, 0.1) is 0 Å². The number of aromatic nitrogens is 5. The summed E-state index contributed by atoms with van der Waals surface area (Å²) in [5.41, 5.74) is 5.88. The Balaban J connectivity index is 1.96. The Morgan fingerprint density at radius 2 is 2.05 bits per heavy atom. The van der Waals surface area contributed by atoms with Gasteiger partial charge in [0.15, 0.2) is 0 Å². The predicted octanol–water partition coefficient (Wildman–Crippen LogP) is 1.80. The Kier molecular flexibility index (Phi) is 3.98. The van der Waals surface area contributed by atoms with Gasteiger partial charge in [-0.1, -0.05) is 19.8 Å². The highest BCUT2D eigenvalue weighted by Crippen LogP contribution is 2.24. The van der Waals surface area contributed by atoms with E-state index in [1.54, 1.807) is 23.3 Å². The molecular weight excluding hydrogens is 266 g/mol. The van der Waals surface area contributed by atoms with Crippen LogP contribution in [-0.2, 0) is 0 Å². The Hall–Kier alpha value is -2.18. The van der Waals surface area contributed by atoms with Gasteiger partial charge in [-0.15, -0.1) is 0 Å². The van der Waals surface area contributed by atoms with Gasteiger partial charge in [-0.3, -0.25) is 4.57 Å². The van der Waals surface area contributed by atoms with E-state index in [0.29, 0.717) is 17.9 Å². The molecule has 0 radical (unpaired) electrons. The predicted molar refractivity (Wildman–Crippen MR) is 81.3 cm³/mol. The topological polar surface area (TPSA) is 85.8 Å². The zero-order valence-corrected chi connectivity index (χ0v) is 12.3. The highest BCUT2D eigenvalue weighted by Gasteiger charge is 2.23. The maximum absolute atomic E-state index is 5.88. The van der Waals surface area contributed by atoms with Crippen molar-refractivity contribution in [1.82, 2.24) is 24.5 Å². The molecule has 1 atom stereocenters. The van der Waals surface area contributed by atoms with Gasteiger partial charge in [-0.25, -0.2) is 4.98 Å². The second kappa shape index (κ2) is 6.07. The number of imidazole rings is 1. The molecule has 0 aliphatic carbocycles. The lowest BCUT2D eigenvalue weighted by Gasteiger charge is -2.29. The third-order valence-corrected chi connectivity index (χ3v) is 3.97. The first kappa shape index (κ1) is 13.8. The maximum Gasteiger partial charge on any atom is 0.241 e. The molecule has 1 unspecified atom stereocenters. The van der Waals surface area contributed by atoms with Gasteiger partial charge in [0.25, 0.3) is 0 Å². The molecule has 3 heterocycles. The van der Waals surface area contributed by atoms with Crippen LogP contribution in [0.3, 0.4) is 0 Å². The number of hydrogen-bond donors (Lipinski definition) is 1. The van der Waals surface area contributed by atoms with E-state index in [1.165, 1.54) is 25.7 Å². The number of nitrogens with two attached hydrogens (primary N) is 1. The van der Waals surface area contributed by atoms with Crippen LogP contribution in [0.25, 0.3) is 5.95 Å². The zero-order chi connectivity index (χ0) is 14.7. The van der Waals surface area contributed by atoms with Gasteiger partial charge < -0.3 is 10.6 Å². The van der Waals surface area contributed by atoms with Crippen LogP contribution in [-0.4, -0.2) is 37.1 Å². The van der Waals surface area contributed by atoms with Crippen molar-refractivity contribution >= 4 is 11.9 Å². The van der Waals surface area contributed by atoms with Crippen LogP contribution in [0.2, 0.25) is 0 Å². The van der Waals surface area contributed by atoms with E-state index < -0.39 is 0 Å². The van der Waals surface area contributed by atoms with Crippen molar-refractivity contribution in [3.63, 3.8) is 0 Å². The van der Waals surface area contributed by atoms with Crippen molar-refractivity contribution in [3.8, 4) is 5.95 Å². The molecule has 2 aromatic heterocycles. The standard InChI is InChI=1S/C14H21N7/c1-2-11-6-4-3-5-8-21(11)14-18-12(15)17-13(19-14)20-9-7-16-10-20/h7,9-11H,2-6,8H2,1H3,(H2,15,17,18,19). The number of rotatable bonds is 3. The van der Waals surface area contributed by atoms with Crippen molar-refractivity contribution in [3.05, 3.63) is 18.7 Å². The fourth-order valence-electron chi connectivity index (χ4n) is 2.86. The normalized spacial score (nSPS) is 19.5. The Morgan fingerprint density at radius 3 is 2.81 bits per heavy atom. The highest BCUT2D eigenvalue weighted by molar-refractivity contribution is 5.39. The lowest BCUT2D eigenvalue weighted by atomic mass is 10.1. The monoisotopic (exact) mass is 287 g/mol. The minimum Gasteiger partial charge on any atom is -0.368 e. The van der Waals surface area contributed by atoms with Crippen LogP contribution < -0.4 is 10.6 Å². The summed E-state index contributed by atoms with van der Waals surface area (Å²) >= 11 is 0. The molecule has 112 valence electrons. The number of hydrogen-bond acceptors (Lipinski definition) is 6. The number of nitrogen functional groups attached to an aromatic ring is 1. The Bertz CT molecular complexity index is 581. The van der Waals surface area contributed by atoms with Gasteiger partial charge in [0.2, 0.25) is 17.8 Å². The summed E-state index contributed by atoms with van der Waals surface area (Å²) in [6.07, 6.45) is 11.1. The average Bonchev–Trinajstić information content (AvgIpc) is 2.91. The maximum atomic E-state index is 5.88. The van der Waals surface area contributed by atoms with Gasteiger partial charge in [0.05, 0.1) is 0 Å². The van der Waals surface area contributed by atoms with E-state index in [4.69, 9.17) is 5.73 Å². The smallest absolute Gasteiger partial charge is 0.241 e. The van der Waals surface area contributed by atoms with E-state index >= 15 is 0 Å². The van der Waals surface area contributed by atoms with Crippen LogP contribution in [0.4, 0.5) is 11.9 Å². The Labute approximate surface area is 124 Å². The molecule has 0 amide bonds. The number of anilines is 2. The van der Waals surface area contributed by atoms with E-state index in [9.17, 15) is 0 Å². The molecule has 0 aromatic carbocycles. The highest BCUT2D eigenvalue weighted by atomic mass is 15.3. The molecule has 2 N–H and O–H groups in total. The van der Waals surface area contributed by atoms with E-state index in [1.807, 2.05) is 0 Å². The first-order valence-electron chi connectivity index (χ1n) is 7.54. The van der Waals surface area contributed by atoms with Gasteiger partial charge in [0.1, 0.15) is 6.33 Å². The van der Waals surface area contributed by atoms with Crippen molar-refractivity contribution in [2.24, 2.45) is 0 Å². The molecule has 3 rings (SSSR count). The molecule has 7 heteroatoms. The molecule has 0 spiro atoms. The largest absolute Gasteiger partial charge is 0.368 e. The van der Waals surface area contributed by atoms with Crippen molar-refractivity contribution in [1.29, 1.82) is 0 Å². The molecule has 1 saturated heterocycles. The third-order valence-electron chi connectivity index (χ3n) is 3.97. The molecule has 2 aromatic rings. The quantitative estimate of drug-likeness (QED) is 0.926. The molecule has 1 aliphatic heterocycles. The van der Waals surface area contributed by atoms with Crippen molar-refractivity contribution < 1.29 is 0 Å². The molecule has 7 nitrogen and oxygen atoms in total. The first-order valence-corrected chi connectivity index (χ1v) is 7.54. The summed E-state index contributed by atoms with van der Waals surface area (Å²) in [4.78, 5) is 19.4. The van der Waals surface area contributed by atoms with Crippen LogP contribution in [0.5, 0.6) is 0 Å². The zero-order valence-electron chi connectivity index (χ0n) is 12.3. The van der Waals surface area contributed by atoms with Crippen LogP contribution in [0.1, 0.15) is 39.0 Å². The van der Waals surface area contributed by atoms with E-state index in [-0.39, 0.29) is 5.95 Å². The minimum atomic E-state index is 0.253. The summed E-state index contributed by atoms with van der Waals surface area (Å²) in [5.74, 6) is 1.46. The number of nitrogens with zero attached hydrogens (tertiary/aromatic N) is 6. The molecular formula is C14H21N7. The van der Waals surface area contributed by atoms with Crippen LogP contribution >= 0.6 is 0 Å². The fourth-order valence-corrected chi connectivity index (χ4v) is 2.86. The first-order chi connectivity index (χ1) is 10.3. The fraction of sp³-hybridized carbons (Fsp3) is 0.571. The summed E-state index contributed by atoms with van der Waals surface area (Å²) in [6.45, 7) is 3.19. The van der Waals surface area contributed by atoms with Gasteiger partial charge in [-0.05, 0) is 19.3 Å². The molecule has 0 saturated carbocycles. The second-order valence-electron chi connectivity index (χ2n) is 5.37. The lowest BCUT2D eigenvalue weighted by Crippen LogP contribution is -2.36. The SMILES string of the molecule is CCC1CCCCCN1c1nc(N)nc(-n2ccnc2)n1. The summed E-state index contributed by atoms with van der Waals surface area (Å²) in [7, 11) is 0. The average molecular weight is 287 g/mol. The molecule has 0 bridgehead atoms. The van der Waals surface area contributed by atoms with Gasteiger partial charge in [-0.2, -0.15) is 15.0 Å². The van der Waals surface area contributed by atoms with Crippen molar-refractivity contribution in [2.45, 2.75) is 45.1 Å². The summed E-state index contributed by atoms with van der Waals surface area (Å²) in [5, 5.41) is 0. The lowest BCUT2D eigenvalue weighted by molar-refractivity contribution is 0.546. The van der Waals surface area contributed by atoms with Crippen molar-refractivity contribution in [2.75, 3.05) is 17.2 Å². The summed E-state index contributed by atoms with van der Waals surface area (Å²) in [6, 6.07) is 0.477. The summed E-state index contributed by atoms with van der Waals surface area (Å²) < 4.78 is 1.75.